The number of rotatable bonds is 4. The normalized spacial score (nSPS) is 14.6. The molecule has 0 bridgehead atoms. The van der Waals surface area contributed by atoms with Crippen molar-refractivity contribution in [2.45, 2.75) is 18.7 Å². The van der Waals surface area contributed by atoms with Gasteiger partial charge in [0.15, 0.2) is 0 Å². The minimum Gasteiger partial charge on any atom is -0.480 e. The van der Waals surface area contributed by atoms with Gasteiger partial charge in [-0.15, -0.1) is 0 Å². The number of carbonyl (C=O) groups is 1. The van der Waals surface area contributed by atoms with Gasteiger partial charge in [-0.1, -0.05) is 24.3 Å². The van der Waals surface area contributed by atoms with Gasteiger partial charge in [-0.3, -0.25) is 4.79 Å². The van der Waals surface area contributed by atoms with Gasteiger partial charge in [0.1, 0.15) is 12.3 Å². The molecule has 6 N–H and O–H groups in total. The number of carboxylic acid groups (broad SMARTS) is 1. The zero-order chi connectivity index (χ0) is 11.4. The summed E-state index contributed by atoms with van der Waals surface area (Å²) >= 11 is 0. The second-order valence-corrected chi connectivity index (χ2v) is 3.29. The third kappa shape index (κ3) is 3.02. The Labute approximate surface area is 87.3 Å². The maximum atomic E-state index is 10.6. The molecule has 0 aliphatic heterocycles. The molecule has 0 fully saturated rings. The molecule has 0 aromatic heterocycles. The van der Waals surface area contributed by atoms with Crippen molar-refractivity contribution in [3.63, 3.8) is 0 Å². The van der Waals surface area contributed by atoms with E-state index in [1.54, 1.807) is 24.3 Å². The Hall–Kier alpha value is -1.43. The van der Waals surface area contributed by atoms with Gasteiger partial charge in [-0.25, -0.2) is 0 Å². The molecular weight excluding hydrogens is 196 g/mol. The summed E-state index contributed by atoms with van der Waals surface area (Å²) in [4.78, 5) is 10.6. The number of aliphatic hydroxyl groups excluding tert-OH is 1. The van der Waals surface area contributed by atoms with Gasteiger partial charge in [-0.2, -0.15) is 0 Å². The molecule has 0 saturated heterocycles. The molecule has 0 aliphatic carbocycles. The van der Waals surface area contributed by atoms with Crippen molar-refractivity contribution in [2.24, 2.45) is 11.5 Å². The first-order chi connectivity index (χ1) is 7.02. The van der Waals surface area contributed by atoms with Crippen LogP contribution in [0.4, 0.5) is 0 Å². The quantitative estimate of drug-likeness (QED) is 0.505. The number of hydrogen-bond acceptors (Lipinski definition) is 4. The van der Waals surface area contributed by atoms with Crippen molar-refractivity contribution in [1.82, 2.24) is 0 Å². The van der Waals surface area contributed by atoms with Crippen molar-refractivity contribution in [2.75, 3.05) is 0 Å². The standard InChI is InChI=1S/C10H14N2O3/c11-8(10(14)15)5-6-3-1-2-4-7(6)9(12)13/h1-4,8-9,13H,5,11-12H2,(H,14,15)/t8-,9?/m1/s1. The first-order valence-corrected chi connectivity index (χ1v) is 4.52. The zero-order valence-corrected chi connectivity index (χ0v) is 8.13. The summed E-state index contributed by atoms with van der Waals surface area (Å²) in [6, 6.07) is 5.84. The Morgan fingerprint density at radius 1 is 1.33 bits per heavy atom. The van der Waals surface area contributed by atoms with Crippen LogP contribution in [0.1, 0.15) is 17.4 Å². The van der Waals surface area contributed by atoms with Crippen LogP contribution in [0.2, 0.25) is 0 Å². The first-order valence-electron chi connectivity index (χ1n) is 4.52. The Kier molecular flexibility index (Phi) is 3.79. The van der Waals surface area contributed by atoms with E-state index in [4.69, 9.17) is 16.6 Å². The summed E-state index contributed by atoms with van der Waals surface area (Å²) in [6.45, 7) is 0. The largest absolute Gasteiger partial charge is 0.480 e. The fourth-order valence-corrected chi connectivity index (χ4v) is 1.33. The maximum Gasteiger partial charge on any atom is 0.320 e. The van der Waals surface area contributed by atoms with Gasteiger partial charge in [0, 0.05) is 0 Å². The number of benzene rings is 1. The minimum absolute atomic E-state index is 0.153. The Morgan fingerprint density at radius 3 is 2.47 bits per heavy atom. The zero-order valence-electron chi connectivity index (χ0n) is 8.13. The van der Waals surface area contributed by atoms with Crippen LogP contribution < -0.4 is 11.5 Å². The van der Waals surface area contributed by atoms with Crippen molar-refractivity contribution < 1.29 is 15.0 Å². The molecule has 0 amide bonds. The van der Waals surface area contributed by atoms with E-state index in [0.29, 0.717) is 11.1 Å². The van der Waals surface area contributed by atoms with Crippen molar-refractivity contribution >= 4 is 5.97 Å². The number of hydrogen-bond donors (Lipinski definition) is 4. The average molecular weight is 210 g/mol. The van der Waals surface area contributed by atoms with E-state index >= 15 is 0 Å². The number of aliphatic hydroxyl groups is 1. The molecule has 1 unspecified atom stereocenters. The molecular formula is C10H14N2O3. The molecule has 0 spiro atoms. The van der Waals surface area contributed by atoms with Gasteiger partial charge in [0.05, 0.1) is 0 Å². The smallest absolute Gasteiger partial charge is 0.320 e. The molecule has 0 radical (unpaired) electrons. The lowest BCUT2D eigenvalue weighted by atomic mass is 10.00. The van der Waals surface area contributed by atoms with Gasteiger partial charge < -0.3 is 21.7 Å². The summed E-state index contributed by atoms with van der Waals surface area (Å²) in [5.41, 5.74) is 11.9. The summed E-state index contributed by atoms with van der Waals surface area (Å²) in [5, 5.41) is 17.9. The van der Waals surface area contributed by atoms with Crippen LogP contribution in [0, 0.1) is 0 Å². The summed E-state index contributed by atoms with van der Waals surface area (Å²) < 4.78 is 0. The summed E-state index contributed by atoms with van der Waals surface area (Å²) in [6.07, 6.45) is -0.957. The topological polar surface area (TPSA) is 110 Å². The van der Waals surface area contributed by atoms with E-state index in [-0.39, 0.29) is 6.42 Å². The molecule has 1 rings (SSSR count). The van der Waals surface area contributed by atoms with Crippen molar-refractivity contribution in [1.29, 1.82) is 0 Å². The average Bonchev–Trinajstić information content (AvgIpc) is 2.18. The van der Waals surface area contributed by atoms with Gasteiger partial charge in [-0.05, 0) is 17.5 Å². The first kappa shape index (κ1) is 11.6. The molecule has 15 heavy (non-hydrogen) atoms. The van der Waals surface area contributed by atoms with E-state index in [9.17, 15) is 9.90 Å². The van der Waals surface area contributed by atoms with E-state index in [0.717, 1.165) is 0 Å². The predicted octanol–water partition coefficient (Wildman–Crippen LogP) is -0.409. The van der Waals surface area contributed by atoms with E-state index in [1.807, 2.05) is 0 Å². The highest BCUT2D eigenvalue weighted by Crippen LogP contribution is 2.15. The summed E-state index contributed by atoms with van der Waals surface area (Å²) in [7, 11) is 0. The maximum absolute atomic E-state index is 10.6. The van der Waals surface area contributed by atoms with Gasteiger partial charge in [0.2, 0.25) is 0 Å². The lowest BCUT2D eigenvalue weighted by Gasteiger charge is -2.13. The lowest BCUT2D eigenvalue weighted by molar-refractivity contribution is -0.138. The van der Waals surface area contributed by atoms with Crippen LogP contribution in [0.5, 0.6) is 0 Å². The van der Waals surface area contributed by atoms with Crippen LogP contribution >= 0.6 is 0 Å². The number of nitrogens with two attached hydrogens (primary N) is 2. The molecule has 5 nitrogen and oxygen atoms in total. The molecule has 82 valence electrons. The van der Waals surface area contributed by atoms with E-state index < -0.39 is 18.2 Å². The second-order valence-electron chi connectivity index (χ2n) is 3.29. The SMILES string of the molecule is NC(O)c1ccccc1C[C@@H](N)C(=O)O. The van der Waals surface area contributed by atoms with Crippen LogP contribution in [-0.4, -0.2) is 22.2 Å². The highest BCUT2D eigenvalue weighted by atomic mass is 16.4. The monoisotopic (exact) mass is 210 g/mol. The Morgan fingerprint density at radius 2 is 1.93 bits per heavy atom. The van der Waals surface area contributed by atoms with E-state index in [2.05, 4.69) is 0 Å². The third-order valence-corrected chi connectivity index (χ3v) is 2.13. The molecule has 5 heteroatoms. The molecule has 0 heterocycles. The van der Waals surface area contributed by atoms with Crippen LogP contribution in [0.3, 0.4) is 0 Å². The third-order valence-electron chi connectivity index (χ3n) is 2.13. The van der Waals surface area contributed by atoms with E-state index in [1.165, 1.54) is 0 Å². The minimum atomic E-state index is -1.11. The fraction of sp³-hybridized carbons (Fsp3) is 0.300. The molecule has 1 aromatic carbocycles. The predicted molar refractivity (Wildman–Crippen MR) is 54.9 cm³/mol. The second kappa shape index (κ2) is 4.88. The highest BCUT2D eigenvalue weighted by molar-refractivity contribution is 5.73. The molecule has 0 aliphatic rings. The van der Waals surface area contributed by atoms with Crippen LogP contribution in [0.25, 0.3) is 0 Å². The number of aliphatic carboxylic acids is 1. The summed E-state index contributed by atoms with van der Waals surface area (Å²) in [5.74, 6) is -1.07. The van der Waals surface area contributed by atoms with Crippen LogP contribution in [-0.2, 0) is 11.2 Å². The number of carboxylic acids is 1. The highest BCUT2D eigenvalue weighted by Gasteiger charge is 2.15. The Bertz CT molecular complexity index is 352. The molecule has 2 atom stereocenters. The van der Waals surface area contributed by atoms with Gasteiger partial charge >= 0.3 is 5.97 Å². The van der Waals surface area contributed by atoms with Crippen molar-refractivity contribution in [3.8, 4) is 0 Å². The van der Waals surface area contributed by atoms with Crippen molar-refractivity contribution in [3.05, 3.63) is 35.4 Å². The van der Waals surface area contributed by atoms with Crippen LogP contribution in [0.15, 0.2) is 24.3 Å². The Balaban J connectivity index is 2.89. The molecule has 1 aromatic rings. The van der Waals surface area contributed by atoms with Gasteiger partial charge in [0.25, 0.3) is 0 Å². The fourth-order valence-electron chi connectivity index (χ4n) is 1.33. The molecule has 0 saturated carbocycles. The lowest BCUT2D eigenvalue weighted by Crippen LogP contribution is -2.32.